The summed E-state index contributed by atoms with van der Waals surface area (Å²) in [5, 5.41) is 0. The van der Waals surface area contributed by atoms with Crippen molar-refractivity contribution in [1.82, 2.24) is 4.72 Å². The number of carbonyl (C=O) groups is 1. The van der Waals surface area contributed by atoms with Gasteiger partial charge in [0, 0.05) is 5.56 Å². The maximum Gasteiger partial charge on any atom is 0.422 e. The van der Waals surface area contributed by atoms with Crippen LogP contribution in [0.15, 0.2) is 18.2 Å². The van der Waals surface area contributed by atoms with E-state index in [9.17, 15) is 13.2 Å². The van der Waals surface area contributed by atoms with E-state index in [4.69, 9.17) is 16.3 Å². The minimum Gasteiger partial charge on any atom is -0.494 e. The summed E-state index contributed by atoms with van der Waals surface area (Å²) in [7, 11) is -4.06. The van der Waals surface area contributed by atoms with Crippen molar-refractivity contribution in [3.63, 3.8) is 0 Å². The summed E-state index contributed by atoms with van der Waals surface area (Å²) in [6, 6.07) is 4.64. The van der Waals surface area contributed by atoms with Crippen LogP contribution in [-0.4, -0.2) is 27.7 Å². The predicted octanol–water partition coefficient (Wildman–Crippen LogP) is 2.23. The van der Waals surface area contributed by atoms with Crippen LogP contribution in [0.2, 0.25) is 0 Å². The maximum atomic E-state index is 11.7. The van der Waals surface area contributed by atoms with Crippen LogP contribution in [-0.2, 0) is 20.8 Å². The molecule has 0 spiro atoms. The van der Waals surface area contributed by atoms with E-state index in [0.717, 1.165) is 0 Å². The maximum absolute atomic E-state index is 11.7. The first-order chi connectivity index (χ1) is 9.91. The van der Waals surface area contributed by atoms with E-state index in [1.165, 1.54) is 12.1 Å². The summed E-state index contributed by atoms with van der Waals surface area (Å²) in [6.07, 6.45) is -1.05. The molecule has 0 unspecified atom stereocenters. The van der Waals surface area contributed by atoms with Gasteiger partial charge >= 0.3 is 16.3 Å². The van der Waals surface area contributed by atoms with Gasteiger partial charge in [-0.05, 0) is 32.0 Å². The molecule has 118 valence electrons. The first kappa shape index (κ1) is 17.4. The van der Waals surface area contributed by atoms with Crippen molar-refractivity contribution < 1.29 is 22.7 Å². The molecule has 0 saturated heterocycles. The van der Waals surface area contributed by atoms with Gasteiger partial charge in [0.25, 0.3) is 0 Å². The minimum atomic E-state index is -4.06. The van der Waals surface area contributed by atoms with E-state index >= 15 is 0 Å². The smallest absolute Gasteiger partial charge is 0.422 e. The fraction of sp³-hybridized carbons (Fsp3) is 0.417. The number of anilines is 1. The van der Waals surface area contributed by atoms with Crippen molar-refractivity contribution in [3.8, 4) is 5.75 Å². The number of nitrogens with one attached hydrogen (secondary N) is 2. The van der Waals surface area contributed by atoms with Gasteiger partial charge in [0.15, 0.2) is 0 Å². The normalized spacial score (nSPS) is 10.8. The van der Waals surface area contributed by atoms with E-state index < -0.39 is 16.3 Å². The number of carbonyl (C=O) groups excluding carboxylic acids is 1. The Labute approximate surface area is 128 Å². The number of amides is 1. The molecule has 1 rings (SSSR count). The van der Waals surface area contributed by atoms with Crippen LogP contribution >= 0.6 is 11.6 Å². The van der Waals surface area contributed by atoms with E-state index in [0.29, 0.717) is 17.9 Å². The van der Waals surface area contributed by atoms with Crippen LogP contribution in [0, 0.1) is 0 Å². The zero-order valence-electron chi connectivity index (χ0n) is 11.7. The molecule has 9 heteroatoms. The van der Waals surface area contributed by atoms with Gasteiger partial charge < -0.3 is 9.47 Å². The lowest BCUT2D eigenvalue weighted by Crippen LogP contribution is -2.35. The van der Waals surface area contributed by atoms with Crippen LogP contribution in [0.4, 0.5) is 10.5 Å². The molecule has 0 aromatic heterocycles. The third-order valence-electron chi connectivity index (χ3n) is 2.25. The van der Waals surface area contributed by atoms with Gasteiger partial charge in [-0.15, -0.1) is 11.6 Å². The largest absolute Gasteiger partial charge is 0.494 e. The molecule has 0 aliphatic carbocycles. The van der Waals surface area contributed by atoms with Gasteiger partial charge in [0.05, 0.1) is 24.8 Å². The van der Waals surface area contributed by atoms with Crippen molar-refractivity contribution in [1.29, 1.82) is 0 Å². The van der Waals surface area contributed by atoms with Gasteiger partial charge in [0.1, 0.15) is 5.75 Å². The molecule has 1 aromatic rings. The molecule has 0 bridgehead atoms. The Balaban J connectivity index is 2.85. The second-order valence-electron chi connectivity index (χ2n) is 3.82. The summed E-state index contributed by atoms with van der Waals surface area (Å²) >= 11 is 5.79. The fourth-order valence-electron chi connectivity index (χ4n) is 1.49. The number of alkyl halides is 1. The Morgan fingerprint density at radius 1 is 1.29 bits per heavy atom. The van der Waals surface area contributed by atoms with E-state index in [1.54, 1.807) is 17.7 Å². The predicted molar refractivity (Wildman–Crippen MR) is 79.9 cm³/mol. The topological polar surface area (TPSA) is 93.7 Å². The number of hydrogen-bond acceptors (Lipinski definition) is 5. The van der Waals surface area contributed by atoms with Crippen LogP contribution in [0.5, 0.6) is 5.75 Å². The van der Waals surface area contributed by atoms with E-state index in [2.05, 4.69) is 9.46 Å². The van der Waals surface area contributed by atoms with Crippen molar-refractivity contribution in [2.24, 2.45) is 0 Å². The molecular formula is C12H17ClN2O5S. The summed E-state index contributed by atoms with van der Waals surface area (Å²) < 4.78 is 37.2. The summed E-state index contributed by atoms with van der Waals surface area (Å²) in [6.45, 7) is 3.94. The average molecular weight is 337 g/mol. The third-order valence-corrected chi connectivity index (χ3v) is 3.48. The van der Waals surface area contributed by atoms with E-state index in [-0.39, 0.29) is 18.2 Å². The van der Waals surface area contributed by atoms with Gasteiger partial charge in [-0.25, -0.2) is 9.52 Å². The highest BCUT2D eigenvalue weighted by Crippen LogP contribution is 2.25. The second kappa shape index (κ2) is 7.94. The molecule has 7 nitrogen and oxygen atoms in total. The molecule has 0 fully saturated rings. The van der Waals surface area contributed by atoms with Crippen LogP contribution < -0.4 is 14.2 Å². The molecule has 2 N–H and O–H groups in total. The molecule has 1 aromatic carbocycles. The van der Waals surface area contributed by atoms with Crippen molar-refractivity contribution in [2.45, 2.75) is 19.7 Å². The van der Waals surface area contributed by atoms with E-state index in [1.807, 2.05) is 6.92 Å². The lowest BCUT2D eigenvalue weighted by Gasteiger charge is -2.12. The SMILES string of the molecule is CCOC(=O)NS(=O)(=O)Nc1ccc(OCC)c(CCl)c1. The molecule has 0 saturated carbocycles. The highest BCUT2D eigenvalue weighted by Gasteiger charge is 2.15. The first-order valence-electron chi connectivity index (χ1n) is 6.20. The highest BCUT2D eigenvalue weighted by atomic mass is 35.5. The minimum absolute atomic E-state index is 0.0702. The van der Waals surface area contributed by atoms with Crippen molar-refractivity contribution in [3.05, 3.63) is 23.8 Å². The van der Waals surface area contributed by atoms with Crippen molar-refractivity contribution in [2.75, 3.05) is 17.9 Å². The van der Waals surface area contributed by atoms with Gasteiger partial charge in [0.2, 0.25) is 0 Å². The standard InChI is InChI=1S/C12H17ClN2O5S/c1-3-19-11-6-5-10(7-9(11)8-13)14-21(17,18)15-12(16)20-4-2/h5-7,14H,3-4,8H2,1-2H3,(H,15,16). The summed E-state index contributed by atoms with van der Waals surface area (Å²) in [5.74, 6) is 0.740. The summed E-state index contributed by atoms with van der Waals surface area (Å²) in [4.78, 5) is 11.1. The molecular weight excluding hydrogens is 320 g/mol. The lowest BCUT2D eigenvalue weighted by molar-refractivity contribution is 0.159. The van der Waals surface area contributed by atoms with Gasteiger partial charge in [-0.3, -0.25) is 4.72 Å². The number of rotatable bonds is 7. The molecule has 0 aliphatic rings. The molecule has 0 atom stereocenters. The Kier molecular flexibility index (Phi) is 6.57. The molecule has 1 amide bonds. The van der Waals surface area contributed by atoms with Crippen molar-refractivity contribution >= 4 is 33.6 Å². The lowest BCUT2D eigenvalue weighted by atomic mass is 10.2. The second-order valence-corrected chi connectivity index (χ2v) is 5.50. The Morgan fingerprint density at radius 3 is 2.57 bits per heavy atom. The fourth-order valence-corrected chi connectivity index (χ4v) is 2.47. The Bertz CT molecular complexity index is 591. The Morgan fingerprint density at radius 2 is 2.00 bits per heavy atom. The summed E-state index contributed by atoms with van der Waals surface area (Å²) in [5.41, 5.74) is 0.890. The third kappa shape index (κ3) is 5.68. The van der Waals surface area contributed by atoms with Gasteiger partial charge in [-0.1, -0.05) is 0 Å². The zero-order chi connectivity index (χ0) is 15.9. The number of benzene rings is 1. The number of ether oxygens (including phenoxy) is 2. The first-order valence-corrected chi connectivity index (χ1v) is 8.22. The highest BCUT2D eigenvalue weighted by molar-refractivity contribution is 7.91. The molecule has 0 aliphatic heterocycles. The zero-order valence-corrected chi connectivity index (χ0v) is 13.3. The monoisotopic (exact) mass is 336 g/mol. The van der Waals surface area contributed by atoms with Crippen LogP contribution in [0.25, 0.3) is 0 Å². The van der Waals surface area contributed by atoms with Crippen LogP contribution in [0.1, 0.15) is 19.4 Å². The quantitative estimate of drug-likeness (QED) is 0.745. The Hall–Kier alpha value is -1.67. The molecule has 21 heavy (non-hydrogen) atoms. The average Bonchev–Trinajstić information content (AvgIpc) is 2.39. The van der Waals surface area contributed by atoms with Crippen LogP contribution in [0.3, 0.4) is 0 Å². The number of halogens is 1. The molecule has 0 heterocycles. The number of hydrogen-bond donors (Lipinski definition) is 2. The molecule has 0 radical (unpaired) electrons. The van der Waals surface area contributed by atoms with Gasteiger partial charge in [-0.2, -0.15) is 8.42 Å².